The van der Waals surface area contributed by atoms with Crippen molar-refractivity contribution in [3.8, 4) is 11.3 Å². The molecule has 1 saturated carbocycles. The van der Waals surface area contributed by atoms with E-state index in [0.717, 1.165) is 35.5 Å². The maximum absolute atomic E-state index is 12.6. The zero-order valence-electron chi connectivity index (χ0n) is 14.1. The lowest BCUT2D eigenvalue weighted by Gasteiger charge is -2.14. The Bertz CT molecular complexity index is 880. The summed E-state index contributed by atoms with van der Waals surface area (Å²) in [6, 6.07) is 12.1. The molecular formula is C20H20N4O. The van der Waals surface area contributed by atoms with Gasteiger partial charge in [0.15, 0.2) is 0 Å². The number of pyridine rings is 1. The predicted octanol–water partition coefficient (Wildman–Crippen LogP) is 3.13. The Morgan fingerprint density at radius 2 is 2.00 bits per heavy atom. The van der Waals surface area contributed by atoms with Crippen LogP contribution in [0.2, 0.25) is 0 Å². The van der Waals surface area contributed by atoms with Gasteiger partial charge in [-0.15, -0.1) is 0 Å². The van der Waals surface area contributed by atoms with Crippen LogP contribution in [0.15, 0.2) is 55.0 Å². The molecule has 0 saturated heterocycles. The molecular weight excluding hydrogens is 312 g/mol. The minimum atomic E-state index is -0.402. The lowest BCUT2D eigenvalue weighted by atomic mass is 9.97. The topological polar surface area (TPSA) is 70.7 Å². The molecule has 4 rings (SSSR count). The average Bonchev–Trinajstić information content (AvgIpc) is 3.33. The van der Waals surface area contributed by atoms with E-state index in [2.05, 4.69) is 51.5 Å². The fourth-order valence-corrected chi connectivity index (χ4v) is 3.08. The Balaban J connectivity index is 1.42. The van der Waals surface area contributed by atoms with Gasteiger partial charge in [0.05, 0.1) is 23.9 Å². The highest BCUT2D eigenvalue weighted by Crippen LogP contribution is 2.48. The highest BCUT2D eigenvalue weighted by molar-refractivity contribution is 5.91. The minimum Gasteiger partial charge on any atom is -0.348 e. The molecule has 0 bridgehead atoms. The summed E-state index contributed by atoms with van der Waals surface area (Å²) < 4.78 is 0. The van der Waals surface area contributed by atoms with E-state index in [-0.39, 0.29) is 5.91 Å². The van der Waals surface area contributed by atoms with Crippen molar-refractivity contribution in [3.05, 3.63) is 71.9 Å². The maximum atomic E-state index is 12.6. The van der Waals surface area contributed by atoms with Crippen LogP contribution in [-0.4, -0.2) is 20.9 Å². The minimum absolute atomic E-state index is 0.0498. The summed E-state index contributed by atoms with van der Waals surface area (Å²) in [5, 5.41) is 3.01. The largest absolute Gasteiger partial charge is 0.348 e. The number of hydrogen-bond donors (Lipinski definition) is 2. The molecule has 5 nitrogen and oxygen atoms in total. The Kier molecular flexibility index (Phi) is 3.84. The van der Waals surface area contributed by atoms with Gasteiger partial charge >= 0.3 is 0 Å². The molecule has 25 heavy (non-hydrogen) atoms. The fourth-order valence-electron chi connectivity index (χ4n) is 3.08. The number of benzene rings is 1. The van der Waals surface area contributed by atoms with E-state index in [1.54, 1.807) is 18.6 Å². The standard InChI is InChI=1S/C20H20N4O/c1-14-4-6-15(7-5-14)17-12-22-18(24-17)13-23-19(25)20(8-9-20)16-3-2-10-21-11-16/h2-7,10-12H,8-9,13H2,1H3,(H,22,24)(H,23,25). The number of H-pyrrole nitrogens is 1. The van der Waals surface area contributed by atoms with Crippen LogP contribution in [0.4, 0.5) is 0 Å². The van der Waals surface area contributed by atoms with Crippen molar-refractivity contribution in [1.82, 2.24) is 20.3 Å². The van der Waals surface area contributed by atoms with Gasteiger partial charge < -0.3 is 10.3 Å². The number of aromatic amines is 1. The van der Waals surface area contributed by atoms with Crippen molar-refractivity contribution in [3.63, 3.8) is 0 Å². The van der Waals surface area contributed by atoms with E-state index in [4.69, 9.17) is 0 Å². The SMILES string of the molecule is Cc1ccc(-c2cnc(CNC(=O)C3(c4cccnc4)CC3)[nH]2)cc1. The summed E-state index contributed by atoms with van der Waals surface area (Å²) in [7, 11) is 0. The second kappa shape index (κ2) is 6.16. The third-order valence-corrected chi connectivity index (χ3v) is 4.81. The fraction of sp³-hybridized carbons (Fsp3) is 0.250. The number of amides is 1. The van der Waals surface area contributed by atoms with Crippen LogP contribution >= 0.6 is 0 Å². The summed E-state index contributed by atoms with van der Waals surface area (Å²) in [5.41, 5.74) is 3.86. The lowest BCUT2D eigenvalue weighted by Crippen LogP contribution is -2.34. The molecule has 1 fully saturated rings. The third-order valence-electron chi connectivity index (χ3n) is 4.81. The first-order valence-electron chi connectivity index (χ1n) is 8.47. The molecule has 0 unspecified atom stereocenters. The van der Waals surface area contributed by atoms with Crippen molar-refractivity contribution >= 4 is 5.91 Å². The Labute approximate surface area is 146 Å². The summed E-state index contributed by atoms with van der Waals surface area (Å²) >= 11 is 0. The second-order valence-corrected chi connectivity index (χ2v) is 6.62. The molecule has 1 aliphatic rings. The lowest BCUT2D eigenvalue weighted by molar-refractivity contribution is -0.123. The summed E-state index contributed by atoms with van der Waals surface area (Å²) in [4.78, 5) is 24.4. The van der Waals surface area contributed by atoms with Gasteiger partial charge in [-0.25, -0.2) is 4.98 Å². The third kappa shape index (κ3) is 3.05. The first-order valence-corrected chi connectivity index (χ1v) is 8.47. The molecule has 1 aromatic carbocycles. The molecule has 2 aromatic heterocycles. The molecule has 0 aliphatic heterocycles. The Hall–Kier alpha value is -2.95. The summed E-state index contributed by atoms with van der Waals surface area (Å²) in [6.07, 6.45) is 7.07. The number of nitrogens with one attached hydrogen (secondary N) is 2. The number of imidazole rings is 1. The zero-order chi connectivity index (χ0) is 17.3. The normalized spacial score (nSPS) is 14.9. The van der Waals surface area contributed by atoms with Crippen LogP contribution in [0.3, 0.4) is 0 Å². The molecule has 0 spiro atoms. The number of nitrogens with zero attached hydrogens (tertiary/aromatic N) is 2. The van der Waals surface area contributed by atoms with E-state index >= 15 is 0 Å². The van der Waals surface area contributed by atoms with Gasteiger partial charge in [0.25, 0.3) is 0 Å². The van der Waals surface area contributed by atoms with Crippen LogP contribution in [0.1, 0.15) is 29.8 Å². The maximum Gasteiger partial charge on any atom is 0.231 e. The van der Waals surface area contributed by atoms with E-state index in [0.29, 0.717) is 6.54 Å². The van der Waals surface area contributed by atoms with Crippen molar-refractivity contribution in [2.24, 2.45) is 0 Å². The van der Waals surface area contributed by atoms with Crippen molar-refractivity contribution in [2.75, 3.05) is 0 Å². The van der Waals surface area contributed by atoms with Crippen LogP contribution in [0.5, 0.6) is 0 Å². The van der Waals surface area contributed by atoms with Gasteiger partial charge in [-0.1, -0.05) is 35.9 Å². The Morgan fingerprint density at radius 1 is 1.20 bits per heavy atom. The predicted molar refractivity (Wildman–Crippen MR) is 95.8 cm³/mol. The monoisotopic (exact) mass is 332 g/mol. The molecule has 126 valence electrons. The van der Waals surface area contributed by atoms with Gasteiger partial charge in [-0.05, 0) is 37.0 Å². The number of rotatable bonds is 5. The first-order chi connectivity index (χ1) is 12.2. The van der Waals surface area contributed by atoms with Gasteiger partial charge in [0.2, 0.25) is 5.91 Å². The van der Waals surface area contributed by atoms with Crippen molar-refractivity contribution < 1.29 is 4.79 Å². The van der Waals surface area contributed by atoms with E-state index in [1.807, 2.05) is 12.1 Å². The highest BCUT2D eigenvalue weighted by Gasteiger charge is 2.51. The van der Waals surface area contributed by atoms with Crippen LogP contribution in [0, 0.1) is 6.92 Å². The number of carbonyl (C=O) groups excluding carboxylic acids is 1. The van der Waals surface area contributed by atoms with Gasteiger partial charge in [-0.2, -0.15) is 0 Å². The van der Waals surface area contributed by atoms with Gasteiger partial charge in [-0.3, -0.25) is 9.78 Å². The molecule has 1 aliphatic carbocycles. The molecule has 5 heteroatoms. The molecule has 0 radical (unpaired) electrons. The molecule has 1 amide bonds. The molecule has 3 aromatic rings. The first kappa shape index (κ1) is 15.6. The van der Waals surface area contributed by atoms with Crippen LogP contribution < -0.4 is 5.32 Å². The Morgan fingerprint density at radius 3 is 2.68 bits per heavy atom. The van der Waals surface area contributed by atoms with Gasteiger partial charge in [0.1, 0.15) is 5.82 Å². The smallest absolute Gasteiger partial charge is 0.231 e. The van der Waals surface area contributed by atoms with E-state index < -0.39 is 5.41 Å². The number of hydrogen-bond acceptors (Lipinski definition) is 3. The van der Waals surface area contributed by atoms with Crippen LogP contribution in [0.25, 0.3) is 11.3 Å². The van der Waals surface area contributed by atoms with Crippen molar-refractivity contribution in [2.45, 2.75) is 31.7 Å². The molecule has 2 N–H and O–H groups in total. The zero-order valence-corrected chi connectivity index (χ0v) is 14.1. The molecule has 0 atom stereocenters. The summed E-state index contributed by atoms with van der Waals surface area (Å²) in [5.74, 6) is 0.805. The number of carbonyl (C=O) groups is 1. The second-order valence-electron chi connectivity index (χ2n) is 6.62. The van der Waals surface area contributed by atoms with Gasteiger partial charge in [0, 0.05) is 12.4 Å². The van der Waals surface area contributed by atoms with Crippen LogP contribution in [-0.2, 0) is 16.8 Å². The summed E-state index contributed by atoms with van der Waals surface area (Å²) in [6.45, 7) is 2.46. The highest BCUT2D eigenvalue weighted by atomic mass is 16.2. The van der Waals surface area contributed by atoms with Crippen molar-refractivity contribution in [1.29, 1.82) is 0 Å². The average molecular weight is 332 g/mol. The number of aromatic nitrogens is 3. The quantitative estimate of drug-likeness (QED) is 0.754. The van der Waals surface area contributed by atoms with E-state index in [1.165, 1.54) is 5.56 Å². The molecule has 2 heterocycles. The van der Waals surface area contributed by atoms with E-state index in [9.17, 15) is 4.79 Å². The number of aryl methyl sites for hydroxylation is 1.